The molecule has 2 N–H and O–H groups in total. The van der Waals surface area contributed by atoms with E-state index in [0.717, 1.165) is 18.0 Å². The van der Waals surface area contributed by atoms with Crippen molar-refractivity contribution in [3.8, 4) is 0 Å². The molecule has 96 valence electrons. The van der Waals surface area contributed by atoms with Crippen LogP contribution in [0, 0.1) is 0 Å². The van der Waals surface area contributed by atoms with E-state index in [9.17, 15) is 13.2 Å². The number of tetrazole rings is 1. The SMILES string of the molecule is CS(=O)(=O)NCCn1nnnc1SCC(=O)O. The molecule has 17 heavy (non-hydrogen) atoms. The molecule has 9 nitrogen and oxygen atoms in total. The number of thioether (sulfide) groups is 1. The maximum atomic E-state index is 10.8. The summed E-state index contributed by atoms with van der Waals surface area (Å²) < 4.78 is 25.2. The Morgan fingerprint density at radius 2 is 2.29 bits per heavy atom. The summed E-state index contributed by atoms with van der Waals surface area (Å²) in [7, 11) is -3.25. The smallest absolute Gasteiger partial charge is 0.313 e. The average molecular weight is 281 g/mol. The van der Waals surface area contributed by atoms with Crippen LogP contribution in [0.3, 0.4) is 0 Å². The van der Waals surface area contributed by atoms with Crippen LogP contribution in [0.5, 0.6) is 0 Å². The van der Waals surface area contributed by atoms with E-state index < -0.39 is 16.0 Å². The van der Waals surface area contributed by atoms with Crippen LogP contribution in [-0.2, 0) is 21.4 Å². The number of sulfonamides is 1. The zero-order valence-corrected chi connectivity index (χ0v) is 10.5. The quantitative estimate of drug-likeness (QED) is 0.572. The monoisotopic (exact) mass is 281 g/mol. The standard InChI is InChI=1S/C6H11N5O4S2/c1-17(14,15)7-2-3-11-6(8-9-10-11)16-4-5(12)13/h7H,2-4H2,1H3,(H,12,13). The minimum atomic E-state index is -3.25. The number of rotatable bonds is 7. The van der Waals surface area contributed by atoms with Crippen molar-refractivity contribution in [2.24, 2.45) is 0 Å². The van der Waals surface area contributed by atoms with E-state index in [4.69, 9.17) is 5.11 Å². The van der Waals surface area contributed by atoms with Gasteiger partial charge >= 0.3 is 5.97 Å². The van der Waals surface area contributed by atoms with Crippen LogP contribution in [0.2, 0.25) is 0 Å². The minimum Gasteiger partial charge on any atom is -0.481 e. The molecule has 0 spiro atoms. The van der Waals surface area contributed by atoms with Crippen molar-refractivity contribution in [2.45, 2.75) is 11.7 Å². The van der Waals surface area contributed by atoms with Crippen molar-refractivity contribution in [1.29, 1.82) is 0 Å². The van der Waals surface area contributed by atoms with E-state index in [-0.39, 0.29) is 18.8 Å². The summed E-state index contributed by atoms with van der Waals surface area (Å²) in [6.45, 7) is 0.381. The summed E-state index contributed by atoms with van der Waals surface area (Å²) in [6.07, 6.45) is 1.05. The van der Waals surface area contributed by atoms with Crippen LogP contribution in [-0.4, -0.2) is 58.3 Å². The first-order valence-electron chi connectivity index (χ1n) is 4.44. The molecular weight excluding hydrogens is 270 g/mol. The fourth-order valence-corrected chi connectivity index (χ4v) is 1.99. The highest BCUT2D eigenvalue weighted by molar-refractivity contribution is 7.99. The molecule has 0 radical (unpaired) electrons. The summed E-state index contributed by atoms with van der Waals surface area (Å²) in [5, 5.41) is 19.5. The van der Waals surface area contributed by atoms with Crippen LogP contribution in [0.15, 0.2) is 5.16 Å². The zero-order valence-electron chi connectivity index (χ0n) is 8.90. The van der Waals surface area contributed by atoms with E-state index in [1.165, 1.54) is 4.68 Å². The first-order chi connectivity index (χ1) is 7.88. The van der Waals surface area contributed by atoms with Gasteiger partial charge < -0.3 is 5.11 Å². The first-order valence-corrected chi connectivity index (χ1v) is 7.31. The fourth-order valence-electron chi connectivity index (χ4n) is 0.903. The number of aliphatic carboxylic acids is 1. The van der Waals surface area contributed by atoms with E-state index in [2.05, 4.69) is 20.2 Å². The van der Waals surface area contributed by atoms with E-state index in [0.29, 0.717) is 5.16 Å². The van der Waals surface area contributed by atoms with Gasteiger partial charge in [-0.2, -0.15) is 0 Å². The van der Waals surface area contributed by atoms with Crippen LogP contribution >= 0.6 is 11.8 Å². The average Bonchev–Trinajstić information content (AvgIpc) is 2.60. The van der Waals surface area contributed by atoms with Gasteiger partial charge in [-0.15, -0.1) is 5.10 Å². The third kappa shape index (κ3) is 5.60. The molecular formula is C6H11N5O4S2. The minimum absolute atomic E-state index is 0.143. The van der Waals surface area contributed by atoms with Crippen LogP contribution < -0.4 is 4.72 Å². The molecule has 0 aliphatic heterocycles. The Morgan fingerprint density at radius 1 is 1.59 bits per heavy atom. The number of hydrogen-bond donors (Lipinski definition) is 2. The van der Waals surface area contributed by atoms with E-state index in [1.807, 2.05) is 0 Å². The Bertz CT molecular complexity index is 484. The molecule has 0 bridgehead atoms. The normalized spacial score (nSPS) is 11.6. The van der Waals surface area contributed by atoms with Gasteiger partial charge in [0.05, 0.1) is 18.6 Å². The molecule has 1 heterocycles. The Balaban J connectivity index is 2.48. The van der Waals surface area contributed by atoms with Gasteiger partial charge in [-0.1, -0.05) is 11.8 Å². The summed E-state index contributed by atoms with van der Waals surface area (Å²) in [5.74, 6) is -1.13. The lowest BCUT2D eigenvalue weighted by atomic mass is 10.7. The lowest BCUT2D eigenvalue weighted by Gasteiger charge is -2.03. The third-order valence-electron chi connectivity index (χ3n) is 1.51. The molecule has 0 saturated heterocycles. The summed E-state index contributed by atoms with van der Waals surface area (Å²) in [4.78, 5) is 10.4. The highest BCUT2D eigenvalue weighted by atomic mass is 32.2. The largest absolute Gasteiger partial charge is 0.481 e. The lowest BCUT2D eigenvalue weighted by molar-refractivity contribution is -0.133. The predicted molar refractivity (Wildman–Crippen MR) is 59.0 cm³/mol. The van der Waals surface area contributed by atoms with Crippen molar-refractivity contribution in [2.75, 3.05) is 18.6 Å². The Hall–Kier alpha value is -1.20. The number of carboxylic acids is 1. The van der Waals surface area contributed by atoms with Gasteiger partial charge in [0.2, 0.25) is 15.2 Å². The van der Waals surface area contributed by atoms with Gasteiger partial charge in [0.15, 0.2) is 0 Å². The Morgan fingerprint density at radius 3 is 2.88 bits per heavy atom. The number of hydrogen-bond acceptors (Lipinski definition) is 7. The molecule has 0 aliphatic carbocycles. The molecule has 11 heteroatoms. The second-order valence-corrected chi connectivity index (χ2v) is 5.81. The number of nitrogens with one attached hydrogen (secondary N) is 1. The highest BCUT2D eigenvalue weighted by Gasteiger charge is 2.09. The van der Waals surface area contributed by atoms with Gasteiger partial charge in [-0.3, -0.25) is 4.79 Å². The molecule has 0 atom stereocenters. The molecule has 1 aromatic heterocycles. The van der Waals surface area contributed by atoms with Gasteiger partial charge in [0, 0.05) is 6.54 Å². The van der Waals surface area contributed by atoms with Crippen molar-refractivity contribution in [3.63, 3.8) is 0 Å². The summed E-state index contributed by atoms with van der Waals surface area (Å²) in [6, 6.07) is 0. The van der Waals surface area contributed by atoms with Gasteiger partial charge in [-0.25, -0.2) is 17.8 Å². The molecule has 1 rings (SSSR count). The maximum Gasteiger partial charge on any atom is 0.313 e. The molecule has 1 aromatic rings. The number of nitrogens with zero attached hydrogens (tertiary/aromatic N) is 4. The van der Waals surface area contributed by atoms with E-state index in [1.54, 1.807) is 0 Å². The summed E-state index contributed by atoms with van der Waals surface area (Å²) in [5.41, 5.74) is 0. The third-order valence-corrected chi connectivity index (χ3v) is 3.18. The number of aromatic nitrogens is 4. The van der Waals surface area contributed by atoms with E-state index >= 15 is 0 Å². The van der Waals surface area contributed by atoms with Crippen LogP contribution in [0.1, 0.15) is 0 Å². The van der Waals surface area contributed by atoms with Crippen molar-refractivity contribution in [3.05, 3.63) is 0 Å². The zero-order chi connectivity index (χ0) is 12.9. The molecule has 0 saturated carbocycles. The van der Waals surface area contributed by atoms with Gasteiger partial charge in [-0.05, 0) is 10.4 Å². The topological polar surface area (TPSA) is 127 Å². The predicted octanol–water partition coefficient (Wildman–Crippen LogP) is -1.60. The highest BCUT2D eigenvalue weighted by Crippen LogP contribution is 2.12. The maximum absolute atomic E-state index is 10.8. The van der Waals surface area contributed by atoms with Crippen LogP contribution in [0.4, 0.5) is 0 Å². The molecule has 0 aromatic carbocycles. The molecule has 0 fully saturated rings. The lowest BCUT2D eigenvalue weighted by Crippen LogP contribution is -2.26. The van der Waals surface area contributed by atoms with Crippen molar-refractivity contribution < 1.29 is 18.3 Å². The summed E-state index contributed by atoms with van der Waals surface area (Å²) >= 11 is 0.970. The Labute approximate surface area is 102 Å². The number of carboxylic acid groups (broad SMARTS) is 1. The van der Waals surface area contributed by atoms with Gasteiger partial charge in [0.25, 0.3) is 0 Å². The van der Waals surface area contributed by atoms with Crippen molar-refractivity contribution >= 4 is 27.8 Å². The van der Waals surface area contributed by atoms with Gasteiger partial charge in [0.1, 0.15) is 0 Å². The van der Waals surface area contributed by atoms with Crippen molar-refractivity contribution in [1.82, 2.24) is 24.9 Å². The fraction of sp³-hybridized carbons (Fsp3) is 0.667. The Kier molecular flexibility index (Phi) is 4.84. The molecule has 0 amide bonds. The first kappa shape index (κ1) is 13.9. The van der Waals surface area contributed by atoms with Crippen LogP contribution in [0.25, 0.3) is 0 Å². The second kappa shape index (κ2) is 5.93. The molecule has 0 unspecified atom stereocenters. The molecule has 0 aliphatic rings. The number of carbonyl (C=O) groups is 1. The second-order valence-electron chi connectivity index (χ2n) is 3.03.